The second-order valence-electron chi connectivity index (χ2n) is 6.85. The lowest BCUT2D eigenvalue weighted by Gasteiger charge is -2.34. The number of nitrogens with zero attached hydrogens (tertiary/aromatic N) is 1. The van der Waals surface area contributed by atoms with Crippen LogP contribution in [0.15, 0.2) is 48.5 Å². The molecule has 0 saturated carbocycles. The van der Waals surface area contributed by atoms with E-state index in [2.05, 4.69) is 10.2 Å². The number of aliphatic hydroxyl groups is 1. The Balaban J connectivity index is 1.65. The lowest BCUT2D eigenvalue weighted by Crippen LogP contribution is -2.37. The van der Waals surface area contributed by atoms with Gasteiger partial charge in [0.25, 0.3) is 0 Å². The highest BCUT2D eigenvalue weighted by molar-refractivity contribution is 5.69. The number of alkyl carbamates (subject to hydrolysis) is 1. The number of hydrogen-bond donors (Lipinski definition) is 2. The van der Waals surface area contributed by atoms with Gasteiger partial charge in [0.1, 0.15) is 12.4 Å². The first kappa shape index (κ1) is 19.2. The van der Waals surface area contributed by atoms with Crippen molar-refractivity contribution in [3.05, 3.63) is 65.5 Å². The molecule has 6 heteroatoms. The molecule has 144 valence electrons. The molecule has 1 unspecified atom stereocenters. The number of carbonyl (C=O) groups is 1. The number of piperidine rings is 1. The van der Waals surface area contributed by atoms with Crippen molar-refractivity contribution in [2.24, 2.45) is 0 Å². The largest absolute Gasteiger partial charge is 0.445 e. The fourth-order valence-corrected chi connectivity index (χ4v) is 3.29. The van der Waals surface area contributed by atoms with E-state index in [4.69, 9.17) is 4.74 Å². The summed E-state index contributed by atoms with van der Waals surface area (Å²) in [7, 11) is 0. The van der Waals surface area contributed by atoms with E-state index >= 15 is 0 Å². The Morgan fingerprint density at radius 2 is 1.96 bits per heavy atom. The van der Waals surface area contributed by atoms with Crippen LogP contribution in [-0.2, 0) is 11.3 Å². The summed E-state index contributed by atoms with van der Waals surface area (Å²) >= 11 is 0. The number of amides is 1. The second kappa shape index (κ2) is 8.86. The van der Waals surface area contributed by atoms with Crippen LogP contribution in [0.25, 0.3) is 0 Å². The number of halogens is 1. The molecule has 0 aromatic heterocycles. The van der Waals surface area contributed by atoms with E-state index in [1.165, 1.54) is 12.1 Å². The minimum atomic E-state index is -0.546. The zero-order valence-corrected chi connectivity index (χ0v) is 15.4. The predicted octanol–water partition coefficient (Wildman–Crippen LogP) is 3.77. The van der Waals surface area contributed by atoms with Gasteiger partial charge in [-0.1, -0.05) is 30.3 Å². The van der Waals surface area contributed by atoms with E-state index in [1.54, 1.807) is 13.0 Å². The monoisotopic (exact) mass is 372 g/mol. The summed E-state index contributed by atoms with van der Waals surface area (Å²) in [6.07, 6.45) is 0.527. The van der Waals surface area contributed by atoms with Crippen LogP contribution >= 0.6 is 0 Å². The lowest BCUT2D eigenvalue weighted by atomic mass is 10.0. The van der Waals surface area contributed by atoms with Gasteiger partial charge in [0.05, 0.1) is 12.1 Å². The maximum absolute atomic E-state index is 13.8. The van der Waals surface area contributed by atoms with Gasteiger partial charge in [-0.15, -0.1) is 0 Å². The third kappa shape index (κ3) is 5.20. The lowest BCUT2D eigenvalue weighted by molar-refractivity contribution is 0.136. The number of carbonyl (C=O) groups excluding carboxylic acids is 1. The van der Waals surface area contributed by atoms with Gasteiger partial charge in [-0.05, 0) is 43.5 Å². The highest BCUT2D eigenvalue weighted by Crippen LogP contribution is 2.29. The van der Waals surface area contributed by atoms with Gasteiger partial charge in [0, 0.05) is 24.3 Å². The number of ether oxygens (including phenoxy) is 1. The van der Waals surface area contributed by atoms with E-state index in [-0.39, 0.29) is 18.5 Å². The van der Waals surface area contributed by atoms with Crippen molar-refractivity contribution in [1.82, 2.24) is 5.32 Å². The molecule has 2 N–H and O–H groups in total. The maximum Gasteiger partial charge on any atom is 0.407 e. The number of aliphatic hydroxyl groups excluding tert-OH is 1. The minimum absolute atomic E-state index is 0.180. The molecule has 1 fully saturated rings. The van der Waals surface area contributed by atoms with Gasteiger partial charge < -0.3 is 20.1 Å². The Morgan fingerprint density at radius 3 is 2.67 bits per heavy atom. The number of nitrogens with one attached hydrogen (secondary N) is 1. The Kier molecular flexibility index (Phi) is 6.29. The van der Waals surface area contributed by atoms with Crippen LogP contribution in [-0.4, -0.2) is 30.4 Å². The Morgan fingerprint density at radius 1 is 1.26 bits per heavy atom. The third-order valence-electron chi connectivity index (χ3n) is 4.81. The van der Waals surface area contributed by atoms with Crippen LogP contribution in [0.2, 0.25) is 0 Å². The first-order valence-electron chi connectivity index (χ1n) is 9.22. The topological polar surface area (TPSA) is 61.8 Å². The quantitative estimate of drug-likeness (QED) is 0.839. The average Bonchev–Trinajstić information content (AvgIpc) is 2.68. The van der Waals surface area contributed by atoms with Crippen molar-refractivity contribution in [3.8, 4) is 0 Å². The molecule has 1 atom stereocenters. The average molecular weight is 372 g/mol. The first-order valence-corrected chi connectivity index (χ1v) is 9.22. The van der Waals surface area contributed by atoms with Crippen LogP contribution in [0.5, 0.6) is 0 Å². The highest BCUT2D eigenvalue weighted by Gasteiger charge is 2.22. The van der Waals surface area contributed by atoms with E-state index in [9.17, 15) is 14.3 Å². The highest BCUT2D eigenvalue weighted by atomic mass is 19.1. The molecule has 3 rings (SSSR count). The van der Waals surface area contributed by atoms with Crippen LogP contribution in [0.3, 0.4) is 0 Å². The molecule has 0 aliphatic carbocycles. The zero-order chi connectivity index (χ0) is 19.2. The summed E-state index contributed by atoms with van der Waals surface area (Å²) in [5.41, 5.74) is 2.47. The van der Waals surface area contributed by atoms with Gasteiger partial charge in [-0.25, -0.2) is 9.18 Å². The molecule has 1 aliphatic rings. The molecule has 0 bridgehead atoms. The number of hydrogen-bond acceptors (Lipinski definition) is 4. The summed E-state index contributed by atoms with van der Waals surface area (Å²) in [5, 5.41) is 12.5. The molecule has 1 amide bonds. The Labute approximate surface area is 158 Å². The molecule has 1 aliphatic heterocycles. The number of benzene rings is 2. The molecule has 27 heavy (non-hydrogen) atoms. The van der Waals surface area contributed by atoms with Crippen LogP contribution in [0.4, 0.5) is 14.9 Å². The van der Waals surface area contributed by atoms with Crippen molar-refractivity contribution in [1.29, 1.82) is 0 Å². The van der Waals surface area contributed by atoms with E-state index in [0.29, 0.717) is 31.5 Å². The van der Waals surface area contributed by atoms with Crippen molar-refractivity contribution in [2.75, 3.05) is 18.0 Å². The van der Waals surface area contributed by atoms with Gasteiger partial charge >= 0.3 is 6.09 Å². The maximum atomic E-state index is 13.8. The summed E-state index contributed by atoms with van der Waals surface area (Å²) in [6.45, 7) is 3.39. The predicted molar refractivity (Wildman–Crippen MR) is 102 cm³/mol. The molecular formula is C21H25FN2O3. The van der Waals surface area contributed by atoms with Crippen LogP contribution in [0, 0.1) is 5.82 Å². The molecule has 2 aromatic rings. The summed E-state index contributed by atoms with van der Waals surface area (Å²) in [6, 6.07) is 13.6. The molecule has 0 radical (unpaired) electrons. The fourth-order valence-electron chi connectivity index (χ4n) is 3.29. The van der Waals surface area contributed by atoms with E-state index in [1.807, 2.05) is 30.3 Å². The third-order valence-corrected chi connectivity index (χ3v) is 4.81. The van der Waals surface area contributed by atoms with Gasteiger partial charge in [-0.3, -0.25) is 0 Å². The normalized spacial score (nSPS) is 16.0. The minimum Gasteiger partial charge on any atom is -0.445 e. The Hall–Kier alpha value is -2.60. The second-order valence-corrected chi connectivity index (χ2v) is 6.85. The SMILES string of the molecule is CC(NC(=O)OCc1ccccc1)c1cc(F)ccc1N1CCC(O)CC1. The van der Waals surface area contributed by atoms with Crippen molar-refractivity contribution in [3.63, 3.8) is 0 Å². The first-order chi connectivity index (χ1) is 13.0. The van der Waals surface area contributed by atoms with E-state index < -0.39 is 12.1 Å². The van der Waals surface area contributed by atoms with Crippen molar-refractivity contribution < 1.29 is 19.0 Å². The fraction of sp³-hybridized carbons (Fsp3) is 0.381. The molecule has 1 heterocycles. The summed E-state index contributed by atoms with van der Waals surface area (Å²) < 4.78 is 19.1. The van der Waals surface area contributed by atoms with Gasteiger partial charge in [0.2, 0.25) is 0 Å². The molecule has 5 nitrogen and oxygen atoms in total. The molecular weight excluding hydrogens is 347 g/mol. The standard InChI is InChI=1S/C21H25FN2O3/c1-15(23-21(26)27-14-16-5-3-2-4-6-16)19-13-17(22)7-8-20(19)24-11-9-18(25)10-12-24/h2-8,13,15,18,25H,9-12,14H2,1H3,(H,23,26). The van der Waals surface area contributed by atoms with Crippen LogP contribution < -0.4 is 10.2 Å². The molecule has 2 aromatic carbocycles. The molecule has 0 spiro atoms. The number of rotatable bonds is 5. The van der Waals surface area contributed by atoms with Crippen molar-refractivity contribution in [2.45, 2.75) is 38.5 Å². The van der Waals surface area contributed by atoms with Gasteiger partial charge in [-0.2, -0.15) is 0 Å². The number of anilines is 1. The van der Waals surface area contributed by atoms with Gasteiger partial charge in [0.15, 0.2) is 0 Å². The van der Waals surface area contributed by atoms with E-state index in [0.717, 1.165) is 11.3 Å². The van der Waals surface area contributed by atoms with Crippen LogP contribution in [0.1, 0.15) is 36.9 Å². The van der Waals surface area contributed by atoms with Crippen molar-refractivity contribution >= 4 is 11.8 Å². The zero-order valence-electron chi connectivity index (χ0n) is 15.4. The summed E-state index contributed by atoms with van der Waals surface area (Å²) in [5.74, 6) is -0.350. The Bertz CT molecular complexity index is 761. The molecule has 1 saturated heterocycles. The summed E-state index contributed by atoms with van der Waals surface area (Å²) in [4.78, 5) is 14.3. The smallest absolute Gasteiger partial charge is 0.407 e.